The van der Waals surface area contributed by atoms with Crippen LogP contribution < -0.4 is 21.4 Å². The van der Waals surface area contributed by atoms with Crippen LogP contribution in [0.15, 0.2) is 114 Å². The minimum absolute atomic E-state index is 0.416. The molecule has 1 heterocycles. The van der Waals surface area contributed by atoms with Crippen molar-refractivity contribution < 1.29 is 4.57 Å². The van der Waals surface area contributed by atoms with Crippen molar-refractivity contribution in [2.45, 2.75) is 12.1 Å². The molecule has 0 spiro atoms. The lowest BCUT2D eigenvalue weighted by Gasteiger charge is -2.31. The number of benzene rings is 3. The Kier molecular flexibility index (Phi) is 6.79. The van der Waals surface area contributed by atoms with Crippen LogP contribution in [0.25, 0.3) is 0 Å². The molecule has 0 bridgehead atoms. The summed E-state index contributed by atoms with van der Waals surface area (Å²) >= 11 is 3.42. The topological polar surface area (TPSA) is 68.0 Å². The molecule has 4 nitrogen and oxygen atoms in total. The molecular formula is C25H23BrN3OP. The molecule has 3 aromatic carbocycles. The lowest BCUT2D eigenvalue weighted by Crippen LogP contribution is -2.36. The smallest absolute Gasteiger partial charge is 0.205 e. The molecule has 0 fully saturated rings. The van der Waals surface area contributed by atoms with Gasteiger partial charge >= 0.3 is 0 Å². The number of halogens is 1. The third-order valence-corrected chi connectivity index (χ3v) is 8.33. The summed E-state index contributed by atoms with van der Waals surface area (Å²) in [6.07, 6.45) is 1.73. The fourth-order valence-electron chi connectivity index (χ4n) is 3.55. The molecule has 6 heteroatoms. The molecule has 0 saturated carbocycles. The maximum Gasteiger partial charge on any atom is 0.205 e. The van der Waals surface area contributed by atoms with Gasteiger partial charge in [-0.15, -0.1) is 0 Å². The number of nitrogens with two attached hydrogens (primary N) is 1. The van der Waals surface area contributed by atoms with Crippen LogP contribution in [0, 0.1) is 0 Å². The third-order valence-electron chi connectivity index (χ3n) is 5.17. The van der Waals surface area contributed by atoms with Gasteiger partial charge in [0.15, 0.2) is 0 Å². The summed E-state index contributed by atoms with van der Waals surface area (Å²) < 4.78 is 15.5. The highest BCUT2D eigenvalue weighted by Gasteiger charge is 2.34. The minimum atomic E-state index is -3.20. The summed E-state index contributed by atoms with van der Waals surface area (Å²) in [5.74, 6) is 0. The predicted octanol–water partition coefficient (Wildman–Crippen LogP) is 5.10. The van der Waals surface area contributed by atoms with Crippen LogP contribution in [0.1, 0.15) is 23.3 Å². The van der Waals surface area contributed by atoms with Gasteiger partial charge in [-0.3, -0.25) is 14.6 Å². The summed E-state index contributed by atoms with van der Waals surface area (Å²) in [5.41, 5.74) is 8.39. The zero-order valence-corrected chi connectivity index (χ0v) is 19.3. The molecule has 0 radical (unpaired) electrons. The van der Waals surface area contributed by atoms with Crippen molar-refractivity contribution >= 4 is 33.8 Å². The predicted molar refractivity (Wildman–Crippen MR) is 131 cm³/mol. The molecule has 0 aliphatic heterocycles. The number of hydrogen-bond acceptors (Lipinski definition) is 3. The Morgan fingerprint density at radius 3 is 1.77 bits per heavy atom. The number of pyridine rings is 1. The van der Waals surface area contributed by atoms with Gasteiger partial charge in [-0.1, -0.05) is 66.7 Å². The van der Waals surface area contributed by atoms with Gasteiger partial charge in [-0.05, 0) is 57.9 Å². The second-order valence-electron chi connectivity index (χ2n) is 7.22. The molecule has 2 atom stereocenters. The lowest BCUT2D eigenvalue weighted by atomic mass is 9.98. The molecule has 1 aromatic heterocycles. The SMILES string of the molecule is N[C@@H](c1ccc(Br)cn1)[C@H](NP(=O)(c1ccccc1)c1ccccc1)c1ccccc1. The molecule has 3 N–H and O–H groups in total. The molecule has 31 heavy (non-hydrogen) atoms. The van der Waals surface area contributed by atoms with E-state index in [2.05, 4.69) is 26.0 Å². The van der Waals surface area contributed by atoms with E-state index in [1.807, 2.05) is 103 Å². The van der Waals surface area contributed by atoms with E-state index in [1.165, 1.54) is 0 Å². The molecule has 156 valence electrons. The zero-order chi connectivity index (χ0) is 21.7. The van der Waals surface area contributed by atoms with Gasteiger partial charge in [0.1, 0.15) is 0 Å². The van der Waals surface area contributed by atoms with E-state index in [9.17, 15) is 4.57 Å². The summed E-state index contributed by atoms with van der Waals surface area (Å²) in [6, 6.07) is 31.8. The van der Waals surface area contributed by atoms with Crippen LogP contribution in [0.2, 0.25) is 0 Å². The molecule has 4 rings (SSSR count). The van der Waals surface area contributed by atoms with E-state index >= 15 is 0 Å². The average Bonchev–Trinajstić information content (AvgIpc) is 2.84. The van der Waals surface area contributed by atoms with Crippen molar-refractivity contribution in [2.75, 3.05) is 0 Å². The van der Waals surface area contributed by atoms with Crippen LogP contribution in [0.4, 0.5) is 0 Å². The van der Waals surface area contributed by atoms with E-state index in [0.29, 0.717) is 0 Å². The number of nitrogens with zero attached hydrogens (tertiary/aromatic N) is 1. The van der Waals surface area contributed by atoms with Crippen LogP contribution in [-0.2, 0) is 4.57 Å². The number of aromatic nitrogens is 1. The number of nitrogens with one attached hydrogen (secondary N) is 1. The van der Waals surface area contributed by atoms with E-state index in [1.54, 1.807) is 6.20 Å². The molecule has 0 amide bonds. The van der Waals surface area contributed by atoms with Crippen molar-refractivity contribution in [1.29, 1.82) is 0 Å². The first-order chi connectivity index (χ1) is 15.1. The Morgan fingerprint density at radius 2 is 1.29 bits per heavy atom. The van der Waals surface area contributed by atoms with Crippen LogP contribution >= 0.6 is 23.2 Å². The van der Waals surface area contributed by atoms with Crippen molar-refractivity contribution in [3.63, 3.8) is 0 Å². The van der Waals surface area contributed by atoms with Gasteiger partial charge in [-0.2, -0.15) is 0 Å². The van der Waals surface area contributed by atoms with E-state index in [4.69, 9.17) is 5.73 Å². The highest BCUT2D eigenvalue weighted by atomic mass is 79.9. The van der Waals surface area contributed by atoms with Crippen molar-refractivity contribution in [3.05, 3.63) is 125 Å². The molecule has 0 aliphatic rings. The Bertz CT molecular complexity index is 1110. The Balaban J connectivity index is 1.82. The largest absolute Gasteiger partial charge is 0.321 e. The van der Waals surface area contributed by atoms with Gasteiger partial charge in [-0.25, -0.2) is 0 Å². The van der Waals surface area contributed by atoms with E-state index in [0.717, 1.165) is 26.3 Å². The number of rotatable bonds is 7. The lowest BCUT2D eigenvalue weighted by molar-refractivity contribution is 0.503. The first-order valence-corrected chi connectivity index (χ1v) is 12.5. The fourth-order valence-corrected chi connectivity index (χ4v) is 6.26. The van der Waals surface area contributed by atoms with Crippen molar-refractivity contribution in [3.8, 4) is 0 Å². The summed E-state index contributed by atoms with van der Waals surface area (Å²) in [5, 5.41) is 4.94. The normalized spacial score (nSPS) is 13.5. The molecule has 0 saturated heterocycles. The Hall–Kier alpha value is -2.56. The fraction of sp³-hybridized carbons (Fsp3) is 0.0800. The quantitative estimate of drug-likeness (QED) is 0.352. The Morgan fingerprint density at radius 1 is 0.774 bits per heavy atom. The van der Waals surface area contributed by atoms with Gasteiger partial charge in [0.05, 0.1) is 17.8 Å². The Labute approximate surface area is 191 Å². The van der Waals surface area contributed by atoms with Gasteiger partial charge < -0.3 is 5.73 Å². The first-order valence-electron chi connectivity index (χ1n) is 9.99. The summed E-state index contributed by atoms with van der Waals surface area (Å²) in [7, 11) is -3.20. The van der Waals surface area contributed by atoms with Crippen molar-refractivity contribution in [2.24, 2.45) is 5.73 Å². The van der Waals surface area contributed by atoms with Gasteiger partial charge in [0.2, 0.25) is 7.29 Å². The summed E-state index contributed by atoms with van der Waals surface area (Å²) in [6.45, 7) is 0. The highest BCUT2D eigenvalue weighted by Crippen LogP contribution is 2.44. The third kappa shape index (κ3) is 4.86. The monoisotopic (exact) mass is 491 g/mol. The molecule has 0 aliphatic carbocycles. The first kappa shape index (κ1) is 21.7. The second-order valence-corrected chi connectivity index (χ2v) is 10.7. The van der Waals surface area contributed by atoms with Crippen molar-refractivity contribution in [1.82, 2.24) is 10.1 Å². The van der Waals surface area contributed by atoms with E-state index in [-0.39, 0.29) is 0 Å². The van der Waals surface area contributed by atoms with Gasteiger partial charge in [0, 0.05) is 21.3 Å². The molecule has 0 unspecified atom stereocenters. The summed E-state index contributed by atoms with van der Waals surface area (Å²) in [4.78, 5) is 4.50. The van der Waals surface area contributed by atoms with Crippen LogP contribution in [-0.4, -0.2) is 4.98 Å². The molecular weight excluding hydrogens is 469 g/mol. The average molecular weight is 492 g/mol. The van der Waals surface area contributed by atoms with Gasteiger partial charge in [0.25, 0.3) is 0 Å². The minimum Gasteiger partial charge on any atom is -0.321 e. The number of hydrogen-bond donors (Lipinski definition) is 2. The second kappa shape index (κ2) is 9.71. The molecule has 4 aromatic rings. The zero-order valence-electron chi connectivity index (χ0n) is 16.8. The van der Waals surface area contributed by atoms with Crippen LogP contribution in [0.3, 0.4) is 0 Å². The highest BCUT2D eigenvalue weighted by molar-refractivity contribution is 9.10. The standard InChI is InChI=1S/C25H23BrN3OP/c26-20-16-17-23(28-18-20)24(27)25(19-10-4-1-5-11-19)29-31(30,21-12-6-2-7-13-21)22-14-8-3-9-15-22/h1-18,24-25H,27H2,(H,29,30)/t24-,25+/m0/s1. The maximum atomic E-state index is 14.6. The van der Waals surface area contributed by atoms with Crippen LogP contribution in [0.5, 0.6) is 0 Å². The van der Waals surface area contributed by atoms with E-state index < -0.39 is 19.4 Å². The maximum absolute atomic E-state index is 14.6.